The van der Waals surface area contributed by atoms with Crippen LogP contribution in [0.2, 0.25) is 0 Å². The summed E-state index contributed by atoms with van der Waals surface area (Å²) in [6.45, 7) is 0.614. The molecule has 1 fully saturated rings. The zero-order chi connectivity index (χ0) is 7.61. The quantitative estimate of drug-likeness (QED) is 0.561. The standard InChI is InChI=1S/C6H13NO2S/c7-4-3-6(1-2-6)5-10(8)9/h10H,1-5,7H2. The van der Waals surface area contributed by atoms with E-state index < -0.39 is 10.7 Å². The Morgan fingerprint density at radius 3 is 2.30 bits per heavy atom. The van der Waals surface area contributed by atoms with Gasteiger partial charge < -0.3 is 5.73 Å². The predicted molar refractivity (Wildman–Crippen MR) is 40.5 cm³/mol. The number of nitrogens with two attached hydrogens (primary N) is 1. The Bertz CT molecular complexity index is 176. The van der Waals surface area contributed by atoms with Crippen molar-refractivity contribution in [2.45, 2.75) is 19.3 Å². The monoisotopic (exact) mass is 163 g/mol. The zero-order valence-corrected chi connectivity index (χ0v) is 6.77. The van der Waals surface area contributed by atoms with E-state index in [4.69, 9.17) is 5.73 Å². The maximum absolute atomic E-state index is 10.3. The normalized spacial score (nSPS) is 21.4. The van der Waals surface area contributed by atoms with Crippen molar-refractivity contribution in [3.05, 3.63) is 0 Å². The van der Waals surface area contributed by atoms with Gasteiger partial charge in [-0.3, -0.25) is 0 Å². The van der Waals surface area contributed by atoms with Gasteiger partial charge in [0.05, 0.1) is 5.75 Å². The molecule has 1 rings (SSSR count). The van der Waals surface area contributed by atoms with Crippen molar-refractivity contribution in [1.29, 1.82) is 0 Å². The summed E-state index contributed by atoms with van der Waals surface area (Å²) in [5, 5.41) is 0. The second kappa shape index (κ2) is 2.88. The van der Waals surface area contributed by atoms with E-state index in [-0.39, 0.29) is 5.41 Å². The van der Waals surface area contributed by atoms with Crippen molar-refractivity contribution >= 4 is 10.7 Å². The molecule has 1 aliphatic rings. The van der Waals surface area contributed by atoms with Gasteiger partial charge in [0, 0.05) is 0 Å². The average Bonchev–Trinajstić information content (AvgIpc) is 2.47. The Kier molecular flexibility index (Phi) is 2.31. The molecule has 0 aromatic carbocycles. The van der Waals surface area contributed by atoms with E-state index in [1.165, 1.54) is 0 Å². The lowest BCUT2D eigenvalue weighted by Gasteiger charge is -2.07. The van der Waals surface area contributed by atoms with E-state index in [0.29, 0.717) is 12.3 Å². The molecule has 10 heavy (non-hydrogen) atoms. The molecular formula is C6H13NO2S. The lowest BCUT2D eigenvalue weighted by molar-refractivity contribution is 0.518. The minimum atomic E-state index is -2.19. The first-order valence-corrected chi connectivity index (χ1v) is 4.87. The van der Waals surface area contributed by atoms with E-state index in [1.807, 2.05) is 0 Å². The molecule has 1 saturated carbocycles. The molecule has 4 heteroatoms. The van der Waals surface area contributed by atoms with Crippen molar-refractivity contribution in [3.63, 3.8) is 0 Å². The van der Waals surface area contributed by atoms with Gasteiger partial charge in [0.25, 0.3) is 0 Å². The molecule has 1 aliphatic carbocycles. The molecule has 2 N–H and O–H groups in total. The van der Waals surface area contributed by atoms with Gasteiger partial charge in [-0.1, -0.05) is 0 Å². The lowest BCUT2D eigenvalue weighted by Crippen LogP contribution is -2.14. The van der Waals surface area contributed by atoms with Crippen LogP contribution in [0.4, 0.5) is 0 Å². The van der Waals surface area contributed by atoms with Gasteiger partial charge in [-0.05, 0) is 31.2 Å². The molecule has 0 aromatic heterocycles. The minimum absolute atomic E-state index is 0.101. The summed E-state index contributed by atoms with van der Waals surface area (Å²) in [7, 11) is -2.19. The Hall–Kier alpha value is -0.0900. The fourth-order valence-corrected chi connectivity index (χ4v) is 2.27. The second-order valence-electron chi connectivity index (χ2n) is 3.03. The summed E-state index contributed by atoms with van der Waals surface area (Å²) < 4.78 is 20.7. The van der Waals surface area contributed by atoms with Gasteiger partial charge in [-0.25, -0.2) is 8.42 Å². The Morgan fingerprint density at radius 1 is 1.40 bits per heavy atom. The highest BCUT2D eigenvalue weighted by Crippen LogP contribution is 2.48. The molecule has 0 heterocycles. The van der Waals surface area contributed by atoms with Crippen LogP contribution >= 0.6 is 0 Å². The highest BCUT2D eigenvalue weighted by molar-refractivity contribution is 7.72. The Morgan fingerprint density at radius 2 is 2.00 bits per heavy atom. The zero-order valence-electron chi connectivity index (χ0n) is 5.88. The lowest BCUT2D eigenvalue weighted by atomic mass is 10.1. The molecule has 60 valence electrons. The van der Waals surface area contributed by atoms with E-state index >= 15 is 0 Å². The maximum atomic E-state index is 10.3. The van der Waals surface area contributed by atoms with Crippen LogP contribution in [-0.4, -0.2) is 20.7 Å². The fourth-order valence-electron chi connectivity index (χ4n) is 1.24. The van der Waals surface area contributed by atoms with Crippen LogP contribution in [0.5, 0.6) is 0 Å². The highest BCUT2D eigenvalue weighted by Gasteiger charge is 2.42. The number of hydrogen-bond donors (Lipinski definition) is 2. The van der Waals surface area contributed by atoms with E-state index in [1.54, 1.807) is 0 Å². The summed E-state index contributed by atoms with van der Waals surface area (Å²) in [6, 6.07) is 0. The first-order chi connectivity index (χ1) is 4.68. The van der Waals surface area contributed by atoms with Crippen molar-refractivity contribution in [3.8, 4) is 0 Å². The number of hydrogen-bond acceptors (Lipinski definition) is 3. The van der Waals surface area contributed by atoms with Crippen molar-refractivity contribution in [2.24, 2.45) is 11.1 Å². The summed E-state index contributed by atoms with van der Waals surface area (Å²) >= 11 is 0. The van der Waals surface area contributed by atoms with Gasteiger partial charge >= 0.3 is 0 Å². The third-order valence-corrected chi connectivity index (χ3v) is 3.03. The largest absolute Gasteiger partial charge is 0.330 e. The Balaban J connectivity index is 2.37. The maximum Gasteiger partial charge on any atom is 0.140 e. The summed E-state index contributed by atoms with van der Waals surface area (Å²) in [6.07, 6.45) is 2.97. The van der Waals surface area contributed by atoms with Crippen molar-refractivity contribution in [2.75, 3.05) is 12.3 Å². The smallest absolute Gasteiger partial charge is 0.140 e. The third-order valence-electron chi connectivity index (χ3n) is 2.10. The van der Waals surface area contributed by atoms with Crippen LogP contribution in [0.25, 0.3) is 0 Å². The van der Waals surface area contributed by atoms with Crippen molar-refractivity contribution in [1.82, 2.24) is 0 Å². The number of rotatable bonds is 4. The van der Waals surface area contributed by atoms with Gasteiger partial charge in [-0.2, -0.15) is 0 Å². The predicted octanol–water partition coefficient (Wildman–Crippen LogP) is -0.273. The van der Waals surface area contributed by atoms with E-state index in [2.05, 4.69) is 0 Å². The Labute approximate surface area is 62.6 Å². The van der Waals surface area contributed by atoms with E-state index in [0.717, 1.165) is 19.3 Å². The molecular weight excluding hydrogens is 150 g/mol. The topological polar surface area (TPSA) is 60.2 Å². The molecule has 0 bridgehead atoms. The molecule has 0 aromatic rings. The van der Waals surface area contributed by atoms with Gasteiger partial charge in [-0.15, -0.1) is 0 Å². The molecule has 0 aliphatic heterocycles. The van der Waals surface area contributed by atoms with Crippen molar-refractivity contribution < 1.29 is 8.42 Å². The molecule has 0 radical (unpaired) electrons. The molecule has 0 spiro atoms. The van der Waals surface area contributed by atoms with Gasteiger partial charge in [0.2, 0.25) is 0 Å². The van der Waals surface area contributed by atoms with Gasteiger partial charge in [0.15, 0.2) is 0 Å². The average molecular weight is 163 g/mol. The summed E-state index contributed by atoms with van der Waals surface area (Å²) in [5.74, 6) is 0.347. The van der Waals surface area contributed by atoms with Crippen LogP contribution in [0.3, 0.4) is 0 Å². The molecule has 0 unspecified atom stereocenters. The number of thiol groups is 1. The highest BCUT2D eigenvalue weighted by atomic mass is 32.2. The molecule has 0 saturated heterocycles. The minimum Gasteiger partial charge on any atom is -0.330 e. The molecule has 0 atom stereocenters. The molecule has 3 nitrogen and oxygen atoms in total. The first-order valence-electron chi connectivity index (χ1n) is 3.50. The van der Waals surface area contributed by atoms with Gasteiger partial charge in [0.1, 0.15) is 10.7 Å². The van der Waals surface area contributed by atoms with Crippen LogP contribution in [0.1, 0.15) is 19.3 Å². The SMILES string of the molecule is NCCC1(C[SH](=O)=O)CC1. The fraction of sp³-hybridized carbons (Fsp3) is 1.00. The van der Waals surface area contributed by atoms with E-state index in [9.17, 15) is 8.42 Å². The van der Waals surface area contributed by atoms with Crippen LogP contribution in [0.15, 0.2) is 0 Å². The third kappa shape index (κ3) is 1.95. The van der Waals surface area contributed by atoms with Crippen LogP contribution in [0, 0.1) is 5.41 Å². The summed E-state index contributed by atoms with van der Waals surface area (Å²) in [5.41, 5.74) is 5.43. The molecule has 0 amide bonds. The van der Waals surface area contributed by atoms with Crippen LogP contribution in [-0.2, 0) is 10.7 Å². The van der Waals surface area contributed by atoms with Crippen LogP contribution < -0.4 is 5.73 Å². The summed E-state index contributed by atoms with van der Waals surface area (Å²) in [4.78, 5) is 0. The first kappa shape index (κ1) is 8.01. The second-order valence-corrected chi connectivity index (χ2v) is 4.01.